The number of hydrogen-bond acceptors (Lipinski definition) is 3. The van der Waals surface area contributed by atoms with Gasteiger partial charge in [0.2, 0.25) is 5.91 Å². The lowest BCUT2D eigenvalue weighted by Gasteiger charge is -2.20. The van der Waals surface area contributed by atoms with E-state index < -0.39 is 0 Å². The van der Waals surface area contributed by atoms with Crippen molar-refractivity contribution in [3.05, 3.63) is 25.5 Å². The third-order valence-electron chi connectivity index (χ3n) is 1.75. The third-order valence-corrected chi connectivity index (χ3v) is 3.65. The van der Waals surface area contributed by atoms with Crippen LogP contribution in [0.5, 0.6) is 0 Å². The van der Waals surface area contributed by atoms with E-state index in [-0.39, 0.29) is 23.6 Å². The average molecular weight is 367 g/mol. The molecule has 0 fully saturated rings. The number of hydrogen-bond donors (Lipinski definition) is 1. The number of amides is 1. The molecule has 1 amide bonds. The molecule has 0 aliphatic heterocycles. The van der Waals surface area contributed by atoms with Crippen LogP contribution in [0, 0.1) is 0 Å². The van der Waals surface area contributed by atoms with Gasteiger partial charge in [0.25, 0.3) is 5.56 Å². The minimum absolute atomic E-state index is 0.0953. The van der Waals surface area contributed by atoms with Gasteiger partial charge < -0.3 is 5.32 Å². The highest BCUT2D eigenvalue weighted by atomic mass is 79.9. The van der Waals surface area contributed by atoms with Crippen LogP contribution in [0.2, 0.25) is 0 Å². The second-order valence-electron chi connectivity index (χ2n) is 4.57. The van der Waals surface area contributed by atoms with E-state index in [4.69, 9.17) is 0 Å². The maximum atomic E-state index is 11.7. The molecule has 0 saturated heterocycles. The zero-order chi connectivity index (χ0) is 13.2. The van der Waals surface area contributed by atoms with Gasteiger partial charge in [0, 0.05) is 5.54 Å². The van der Waals surface area contributed by atoms with Gasteiger partial charge in [-0.3, -0.25) is 9.59 Å². The highest BCUT2D eigenvalue weighted by molar-refractivity contribution is 9.13. The van der Waals surface area contributed by atoms with Crippen LogP contribution in [0.4, 0.5) is 0 Å². The molecular formula is C10H13Br2N3O2. The highest BCUT2D eigenvalue weighted by Gasteiger charge is 2.15. The van der Waals surface area contributed by atoms with Gasteiger partial charge in [-0.1, -0.05) is 0 Å². The fraction of sp³-hybridized carbons (Fsp3) is 0.500. The predicted octanol–water partition coefficient (Wildman–Crippen LogP) is 1.68. The van der Waals surface area contributed by atoms with Crippen molar-refractivity contribution in [2.24, 2.45) is 0 Å². The summed E-state index contributed by atoms with van der Waals surface area (Å²) >= 11 is 6.30. The lowest BCUT2D eigenvalue weighted by molar-refractivity contribution is -0.123. The molecule has 0 aliphatic rings. The van der Waals surface area contributed by atoms with Gasteiger partial charge in [-0.2, -0.15) is 5.10 Å². The largest absolute Gasteiger partial charge is 0.350 e. The standard InChI is InChI=1S/C10H13Br2N3O2/c1-10(2,3)14-7(16)5-15-9(17)8(12)6(11)4-13-15/h4H,5H2,1-3H3,(H,14,16). The first-order valence-electron chi connectivity index (χ1n) is 4.93. The van der Waals surface area contributed by atoms with Gasteiger partial charge in [0.05, 0.1) is 10.7 Å². The van der Waals surface area contributed by atoms with E-state index >= 15 is 0 Å². The average Bonchev–Trinajstić information content (AvgIpc) is 2.16. The minimum atomic E-state index is -0.344. The number of nitrogens with one attached hydrogen (secondary N) is 1. The molecule has 1 heterocycles. The molecule has 0 unspecified atom stereocenters. The van der Waals surface area contributed by atoms with Crippen molar-refractivity contribution in [2.75, 3.05) is 0 Å². The number of rotatable bonds is 2. The summed E-state index contributed by atoms with van der Waals surface area (Å²) in [6.07, 6.45) is 1.47. The lowest BCUT2D eigenvalue weighted by Crippen LogP contribution is -2.43. The molecule has 0 atom stereocenters. The molecule has 0 spiro atoms. The van der Waals surface area contributed by atoms with Crippen molar-refractivity contribution < 1.29 is 4.79 Å². The molecule has 0 saturated carbocycles. The fourth-order valence-electron chi connectivity index (χ4n) is 1.15. The Morgan fingerprint density at radius 2 is 2.06 bits per heavy atom. The van der Waals surface area contributed by atoms with E-state index in [1.807, 2.05) is 20.8 Å². The van der Waals surface area contributed by atoms with Crippen LogP contribution in [0.1, 0.15) is 20.8 Å². The summed E-state index contributed by atoms with van der Waals surface area (Å²) in [4.78, 5) is 23.4. The first-order chi connectivity index (χ1) is 7.70. The molecule has 0 aromatic carbocycles. The molecule has 0 radical (unpaired) electrons. The van der Waals surface area contributed by atoms with Crippen molar-refractivity contribution in [1.82, 2.24) is 15.1 Å². The second kappa shape index (κ2) is 5.30. The molecule has 7 heteroatoms. The van der Waals surface area contributed by atoms with Gasteiger partial charge in [-0.15, -0.1) is 0 Å². The smallest absolute Gasteiger partial charge is 0.282 e. The summed E-state index contributed by atoms with van der Waals surface area (Å²) in [5.41, 5.74) is -0.670. The summed E-state index contributed by atoms with van der Waals surface area (Å²) in [5.74, 6) is -0.249. The Kier molecular flexibility index (Phi) is 4.48. The van der Waals surface area contributed by atoms with Gasteiger partial charge in [-0.25, -0.2) is 4.68 Å². The van der Waals surface area contributed by atoms with Crippen LogP contribution in [-0.2, 0) is 11.3 Å². The SMILES string of the molecule is CC(C)(C)NC(=O)Cn1ncc(Br)c(Br)c1=O. The van der Waals surface area contributed by atoms with Crippen molar-refractivity contribution in [3.63, 3.8) is 0 Å². The van der Waals surface area contributed by atoms with Gasteiger partial charge in [0.15, 0.2) is 0 Å². The second-order valence-corrected chi connectivity index (χ2v) is 6.21. The Hall–Kier alpha value is -0.690. The number of carbonyl (C=O) groups excluding carboxylic acids is 1. The van der Waals surface area contributed by atoms with E-state index in [1.54, 1.807) is 0 Å². The monoisotopic (exact) mass is 365 g/mol. The molecule has 1 rings (SSSR count). The van der Waals surface area contributed by atoms with Crippen molar-refractivity contribution >= 4 is 37.8 Å². The normalized spacial score (nSPS) is 11.4. The topological polar surface area (TPSA) is 64.0 Å². The van der Waals surface area contributed by atoms with Crippen LogP contribution < -0.4 is 10.9 Å². The maximum absolute atomic E-state index is 11.7. The summed E-state index contributed by atoms with van der Waals surface area (Å²) in [6, 6.07) is 0. The molecule has 94 valence electrons. The molecule has 1 N–H and O–H groups in total. The van der Waals surface area contributed by atoms with Crippen LogP contribution in [0.15, 0.2) is 19.9 Å². The molecular weight excluding hydrogens is 354 g/mol. The molecule has 1 aromatic heterocycles. The van der Waals surface area contributed by atoms with E-state index in [1.165, 1.54) is 6.20 Å². The van der Waals surface area contributed by atoms with E-state index in [0.29, 0.717) is 8.95 Å². The zero-order valence-electron chi connectivity index (χ0n) is 9.75. The number of aromatic nitrogens is 2. The quantitative estimate of drug-likeness (QED) is 0.866. The Bertz CT molecular complexity index is 491. The lowest BCUT2D eigenvalue weighted by atomic mass is 10.1. The van der Waals surface area contributed by atoms with Crippen LogP contribution in [-0.4, -0.2) is 21.2 Å². The summed E-state index contributed by atoms with van der Waals surface area (Å²) in [5, 5.41) is 6.64. The van der Waals surface area contributed by atoms with E-state index in [0.717, 1.165) is 4.68 Å². The Balaban J connectivity index is 2.87. The summed E-state index contributed by atoms with van der Waals surface area (Å²) < 4.78 is 2.03. The highest BCUT2D eigenvalue weighted by Crippen LogP contribution is 2.16. The number of halogens is 2. The van der Waals surface area contributed by atoms with Crippen LogP contribution in [0.3, 0.4) is 0 Å². The third kappa shape index (κ3) is 4.23. The Morgan fingerprint density at radius 3 is 2.59 bits per heavy atom. The summed E-state index contributed by atoms with van der Waals surface area (Å²) in [6.45, 7) is 5.53. The Morgan fingerprint density at radius 1 is 1.47 bits per heavy atom. The van der Waals surface area contributed by atoms with Crippen molar-refractivity contribution in [2.45, 2.75) is 32.9 Å². The number of carbonyl (C=O) groups is 1. The molecule has 0 aliphatic carbocycles. The van der Waals surface area contributed by atoms with Crippen molar-refractivity contribution in [1.29, 1.82) is 0 Å². The van der Waals surface area contributed by atoms with Gasteiger partial charge >= 0.3 is 0 Å². The predicted molar refractivity (Wildman–Crippen MR) is 71.8 cm³/mol. The van der Waals surface area contributed by atoms with Crippen LogP contribution in [0.25, 0.3) is 0 Å². The maximum Gasteiger partial charge on any atom is 0.282 e. The Labute approximate surface area is 116 Å². The fourth-order valence-corrected chi connectivity index (χ4v) is 1.72. The molecule has 0 bridgehead atoms. The summed E-state index contributed by atoms with van der Waals surface area (Å²) in [7, 11) is 0. The van der Waals surface area contributed by atoms with E-state index in [9.17, 15) is 9.59 Å². The number of nitrogens with zero attached hydrogens (tertiary/aromatic N) is 2. The van der Waals surface area contributed by atoms with Crippen molar-refractivity contribution in [3.8, 4) is 0 Å². The first-order valence-corrected chi connectivity index (χ1v) is 6.51. The zero-order valence-corrected chi connectivity index (χ0v) is 12.9. The van der Waals surface area contributed by atoms with Gasteiger partial charge in [0.1, 0.15) is 11.0 Å². The molecule has 1 aromatic rings. The molecule has 5 nitrogen and oxygen atoms in total. The molecule has 17 heavy (non-hydrogen) atoms. The first kappa shape index (κ1) is 14.4. The minimum Gasteiger partial charge on any atom is -0.350 e. The van der Waals surface area contributed by atoms with Gasteiger partial charge in [-0.05, 0) is 52.6 Å². The van der Waals surface area contributed by atoms with Crippen LogP contribution >= 0.6 is 31.9 Å². The van der Waals surface area contributed by atoms with E-state index in [2.05, 4.69) is 42.3 Å².